The molecule has 0 N–H and O–H groups in total. The molecule has 0 aliphatic heterocycles. The molecule has 0 radical (unpaired) electrons. The summed E-state index contributed by atoms with van der Waals surface area (Å²) in [6, 6.07) is 0. The fourth-order valence-electron chi connectivity index (χ4n) is 0. The summed E-state index contributed by atoms with van der Waals surface area (Å²) >= 11 is 0. The molecule has 0 saturated heterocycles. The van der Waals surface area contributed by atoms with Crippen molar-refractivity contribution < 1.29 is 36.4 Å². The van der Waals surface area contributed by atoms with Crippen molar-refractivity contribution in [2.75, 3.05) is 19.8 Å². The van der Waals surface area contributed by atoms with Crippen molar-refractivity contribution in [3.05, 3.63) is 0 Å². The molecular formula is C6H15O3W-3. The Morgan fingerprint density at radius 1 is 0.700 bits per heavy atom. The molecule has 10 heavy (non-hydrogen) atoms. The molecule has 0 rings (SSSR count). The van der Waals surface area contributed by atoms with Crippen LogP contribution in [0, 0.1) is 0 Å². The summed E-state index contributed by atoms with van der Waals surface area (Å²) in [6.45, 7) is 4.71. The van der Waals surface area contributed by atoms with Crippen molar-refractivity contribution in [2.24, 2.45) is 0 Å². The van der Waals surface area contributed by atoms with Gasteiger partial charge in [-0.15, -0.1) is 19.8 Å². The monoisotopic (exact) mass is 319 g/mol. The molecule has 0 aromatic carbocycles. The summed E-state index contributed by atoms with van der Waals surface area (Å²) in [5, 5.41) is 26.8. The first-order valence-corrected chi connectivity index (χ1v) is 2.99. The van der Waals surface area contributed by atoms with Crippen LogP contribution in [0.2, 0.25) is 0 Å². The van der Waals surface area contributed by atoms with Gasteiger partial charge in [-0.2, -0.15) is 0 Å². The van der Waals surface area contributed by atoms with Crippen LogP contribution in [0.15, 0.2) is 0 Å². The molecular weight excluding hydrogens is 304 g/mol. The largest absolute Gasteiger partial charge is 0.855 e. The SMILES string of the molecule is CC[O-].CC[O-].CC[O-].[W]. The molecule has 0 saturated carbocycles. The van der Waals surface area contributed by atoms with Crippen molar-refractivity contribution >= 4 is 0 Å². The van der Waals surface area contributed by atoms with Gasteiger partial charge in [-0.1, -0.05) is 20.8 Å². The molecule has 0 aliphatic carbocycles. The van der Waals surface area contributed by atoms with E-state index in [1.165, 1.54) is 0 Å². The summed E-state index contributed by atoms with van der Waals surface area (Å²) in [4.78, 5) is 0. The van der Waals surface area contributed by atoms with Gasteiger partial charge in [0.05, 0.1) is 0 Å². The van der Waals surface area contributed by atoms with Gasteiger partial charge >= 0.3 is 0 Å². The van der Waals surface area contributed by atoms with Crippen LogP contribution in [-0.4, -0.2) is 19.8 Å². The Labute approximate surface area is 77.3 Å². The van der Waals surface area contributed by atoms with E-state index in [0.717, 1.165) is 0 Å². The quantitative estimate of drug-likeness (QED) is 0.524. The first-order valence-electron chi connectivity index (χ1n) is 2.99. The predicted molar refractivity (Wildman–Crippen MR) is 31.6 cm³/mol. The van der Waals surface area contributed by atoms with Gasteiger partial charge in [0.2, 0.25) is 0 Å². The fraction of sp³-hybridized carbons (Fsp3) is 1.00. The van der Waals surface area contributed by atoms with Crippen LogP contribution < -0.4 is 15.3 Å². The van der Waals surface area contributed by atoms with E-state index < -0.39 is 0 Å². The zero-order valence-electron chi connectivity index (χ0n) is 6.75. The third-order valence-corrected chi connectivity index (χ3v) is 0. The van der Waals surface area contributed by atoms with E-state index in [2.05, 4.69) is 0 Å². The average Bonchev–Trinajstić information content (AvgIpc) is 1.70. The first kappa shape index (κ1) is 22.4. The van der Waals surface area contributed by atoms with Crippen LogP contribution in [-0.2, 0) is 21.1 Å². The normalized spacial score (nSPS) is 5.40. The van der Waals surface area contributed by atoms with Crippen LogP contribution in [0.3, 0.4) is 0 Å². The maximum atomic E-state index is 8.93. The minimum atomic E-state index is 0. The number of hydrogen-bond donors (Lipinski definition) is 0. The van der Waals surface area contributed by atoms with E-state index in [1.807, 2.05) is 0 Å². The summed E-state index contributed by atoms with van der Waals surface area (Å²) in [5.41, 5.74) is 0. The van der Waals surface area contributed by atoms with E-state index in [-0.39, 0.29) is 40.9 Å². The molecule has 3 nitrogen and oxygen atoms in total. The molecule has 0 fully saturated rings. The molecule has 66 valence electrons. The second kappa shape index (κ2) is 55.2. The van der Waals surface area contributed by atoms with Crippen LogP contribution in [0.1, 0.15) is 20.8 Å². The van der Waals surface area contributed by atoms with Crippen molar-refractivity contribution in [3.8, 4) is 0 Å². The van der Waals surface area contributed by atoms with Gasteiger partial charge < -0.3 is 15.3 Å². The minimum absolute atomic E-state index is 0. The molecule has 4 heteroatoms. The number of rotatable bonds is 0. The molecule has 0 atom stereocenters. The van der Waals surface area contributed by atoms with Crippen molar-refractivity contribution in [1.82, 2.24) is 0 Å². The molecule has 0 aromatic heterocycles. The summed E-state index contributed by atoms with van der Waals surface area (Å²) < 4.78 is 0. The zero-order chi connectivity index (χ0) is 8.12. The molecule has 0 heterocycles. The second-order valence-corrected chi connectivity index (χ2v) is 0.866. The van der Waals surface area contributed by atoms with E-state index in [0.29, 0.717) is 0 Å². The average molecular weight is 319 g/mol. The van der Waals surface area contributed by atoms with Crippen molar-refractivity contribution in [1.29, 1.82) is 0 Å². The maximum absolute atomic E-state index is 8.93. The Balaban J connectivity index is -0.0000000257. The Kier molecular flexibility index (Phi) is 124. The van der Waals surface area contributed by atoms with Crippen LogP contribution >= 0.6 is 0 Å². The summed E-state index contributed by atoms with van der Waals surface area (Å²) in [6.07, 6.45) is 0. The van der Waals surface area contributed by atoms with Gasteiger partial charge in [0.1, 0.15) is 0 Å². The smallest absolute Gasteiger partial charge is 0 e. The van der Waals surface area contributed by atoms with Crippen LogP contribution in [0.25, 0.3) is 0 Å². The summed E-state index contributed by atoms with van der Waals surface area (Å²) in [7, 11) is 0. The third-order valence-electron chi connectivity index (χ3n) is 0. The molecule has 0 amide bonds. The van der Waals surface area contributed by atoms with E-state index in [4.69, 9.17) is 15.3 Å². The Morgan fingerprint density at radius 2 is 0.700 bits per heavy atom. The Hall–Kier alpha value is 0.568. The topological polar surface area (TPSA) is 69.2 Å². The first-order chi connectivity index (χ1) is 4.24. The second-order valence-electron chi connectivity index (χ2n) is 0.866. The van der Waals surface area contributed by atoms with Gasteiger partial charge in [-0.25, -0.2) is 0 Å². The van der Waals surface area contributed by atoms with Gasteiger partial charge in [0, 0.05) is 21.1 Å². The molecule has 0 aliphatic rings. The molecule has 0 spiro atoms. The standard InChI is InChI=1S/3C2H5O.W/c3*1-2-3;/h3*2H2,1H3;/q3*-1;. The zero-order valence-corrected chi connectivity index (χ0v) is 9.69. The molecule has 0 bridgehead atoms. The van der Waals surface area contributed by atoms with E-state index in [1.54, 1.807) is 20.8 Å². The third kappa shape index (κ3) is 1520. The number of hydrogen-bond acceptors (Lipinski definition) is 3. The Morgan fingerprint density at radius 3 is 0.700 bits per heavy atom. The van der Waals surface area contributed by atoms with E-state index >= 15 is 0 Å². The fourth-order valence-corrected chi connectivity index (χ4v) is 0. The van der Waals surface area contributed by atoms with E-state index in [9.17, 15) is 0 Å². The summed E-state index contributed by atoms with van der Waals surface area (Å²) in [5.74, 6) is 0. The molecule has 0 aromatic rings. The Bertz CT molecular complexity index is 17.7. The van der Waals surface area contributed by atoms with Gasteiger partial charge in [-0.3, -0.25) is 0 Å². The van der Waals surface area contributed by atoms with Crippen LogP contribution in [0.5, 0.6) is 0 Å². The van der Waals surface area contributed by atoms with Gasteiger partial charge in [0.15, 0.2) is 0 Å². The van der Waals surface area contributed by atoms with Crippen molar-refractivity contribution in [3.63, 3.8) is 0 Å². The van der Waals surface area contributed by atoms with Gasteiger partial charge in [-0.05, 0) is 0 Å². The van der Waals surface area contributed by atoms with Crippen molar-refractivity contribution in [2.45, 2.75) is 20.8 Å². The van der Waals surface area contributed by atoms with Crippen LogP contribution in [0.4, 0.5) is 0 Å². The van der Waals surface area contributed by atoms with Gasteiger partial charge in [0.25, 0.3) is 0 Å². The maximum Gasteiger partial charge on any atom is 0 e. The minimum Gasteiger partial charge on any atom is -0.855 e. The molecule has 0 unspecified atom stereocenters. The predicted octanol–water partition coefficient (Wildman–Crippen LogP) is -1.90.